The van der Waals surface area contributed by atoms with Crippen molar-refractivity contribution in [2.24, 2.45) is 0 Å². The second kappa shape index (κ2) is 11.0. The van der Waals surface area contributed by atoms with Crippen molar-refractivity contribution < 1.29 is 22.7 Å². The number of carbonyl (C=O) groups excluding carboxylic acids is 1. The second-order valence-electron chi connectivity index (χ2n) is 10.6. The normalized spacial score (nSPS) is 14.9. The monoisotopic (exact) mass is 624 g/mol. The first-order valence-corrected chi connectivity index (χ1v) is 14.1. The summed E-state index contributed by atoms with van der Waals surface area (Å²) in [5.41, 5.74) is -2.53. The third-order valence-electron chi connectivity index (χ3n) is 7.21. The van der Waals surface area contributed by atoms with Crippen LogP contribution in [0.1, 0.15) is 56.8 Å². The molecule has 0 radical (unpaired) electrons. The lowest BCUT2D eigenvalue weighted by Crippen LogP contribution is -2.44. The van der Waals surface area contributed by atoms with Gasteiger partial charge in [0.15, 0.2) is 16.5 Å². The molecule has 1 aromatic carbocycles. The molecule has 1 saturated heterocycles. The number of alkyl halides is 3. The fraction of sp³-hybridized carbons (Fsp3) is 0.345. The molecule has 0 bridgehead atoms. The molecule has 44 heavy (non-hydrogen) atoms. The van der Waals surface area contributed by atoms with Gasteiger partial charge >= 0.3 is 6.18 Å². The van der Waals surface area contributed by atoms with E-state index >= 15 is 0 Å². The van der Waals surface area contributed by atoms with Crippen LogP contribution in [0.4, 0.5) is 24.7 Å². The van der Waals surface area contributed by atoms with Crippen molar-refractivity contribution in [1.29, 1.82) is 5.26 Å². The van der Waals surface area contributed by atoms with Gasteiger partial charge in [0.25, 0.3) is 11.5 Å². The maximum atomic E-state index is 13.7. The summed E-state index contributed by atoms with van der Waals surface area (Å²) in [5, 5.41) is 13.7. The highest BCUT2D eigenvalue weighted by Gasteiger charge is 2.51. The van der Waals surface area contributed by atoms with E-state index in [2.05, 4.69) is 20.1 Å². The van der Waals surface area contributed by atoms with Crippen LogP contribution < -0.4 is 20.1 Å². The zero-order chi connectivity index (χ0) is 32.1. The SMILES string of the molecule is CCCc1nc(C)c2c(=O)[nH]c(-c3cc(N4C(=S)N(c5ccc(C#N)c(C(F)(F)F)c5)C(=O)C4(C)C)ncc3OCC)nn12. The number of nitriles is 1. The first-order valence-electron chi connectivity index (χ1n) is 13.7. The summed E-state index contributed by atoms with van der Waals surface area (Å²) in [6.07, 6.45) is -2.06. The van der Waals surface area contributed by atoms with E-state index in [9.17, 15) is 28.0 Å². The van der Waals surface area contributed by atoms with Gasteiger partial charge in [-0.05, 0) is 70.6 Å². The minimum atomic E-state index is -4.83. The summed E-state index contributed by atoms with van der Waals surface area (Å²) in [6.45, 7) is 8.88. The molecule has 1 aliphatic rings. The number of rotatable bonds is 7. The van der Waals surface area contributed by atoms with Gasteiger partial charge < -0.3 is 9.72 Å². The number of benzene rings is 1. The average Bonchev–Trinajstić information content (AvgIpc) is 3.37. The number of pyridine rings is 1. The summed E-state index contributed by atoms with van der Waals surface area (Å²) >= 11 is 5.65. The van der Waals surface area contributed by atoms with Crippen molar-refractivity contribution >= 4 is 40.3 Å². The molecular weight excluding hydrogens is 597 g/mol. The molecular formula is C29H27F3N8O3S. The number of ether oxygens (including phenoxy) is 1. The lowest BCUT2D eigenvalue weighted by atomic mass is 10.0. The Bertz CT molecular complexity index is 1930. The van der Waals surface area contributed by atoms with Gasteiger partial charge in [0.05, 0.1) is 46.9 Å². The highest BCUT2D eigenvalue weighted by atomic mass is 32.1. The van der Waals surface area contributed by atoms with E-state index in [1.54, 1.807) is 33.8 Å². The van der Waals surface area contributed by atoms with Crippen molar-refractivity contribution in [2.45, 2.75) is 59.2 Å². The molecule has 3 aromatic heterocycles. The number of nitrogens with one attached hydrogen (secondary N) is 1. The van der Waals surface area contributed by atoms with Crippen LogP contribution >= 0.6 is 12.2 Å². The highest BCUT2D eigenvalue weighted by molar-refractivity contribution is 7.81. The van der Waals surface area contributed by atoms with Gasteiger partial charge in [-0.3, -0.25) is 19.4 Å². The number of nitrogens with zero attached hydrogens (tertiary/aromatic N) is 7. The number of aromatic amines is 1. The molecule has 1 fully saturated rings. The molecule has 15 heteroatoms. The number of aryl methyl sites for hydroxylation is 2. The number of halogens is 3. The molecule has 4 aromatic rings. The number of amides is 1. The Kier molecular flexibility index (Phi) is 7.66. The van der Waals surface area contributed by atoms with Crippen LogP contribution in [0, 0.1) is 18.3 Å². The predicted octanol–water partition coefficient (Wildman–Crippen LogP) is 4.95. The number of aromatic nitrogens is 5. The molecule has 1 N–H and O–H groups in total. The number of thiocarbonyl (C=S) groups is 1. The van der Waals surface area contributed by atoms with E-state index in [1.807, 2.05) is 6.92 Å². The van der Waals surface area contributed by atoms with E-state index in [0.717, 1.165) is 23.5 Å². The minimum absolute atomic E-state index is 0.132. The number of H-pyrrole nitrogens is 1. The Morgan fingerprint density at radius 1 is 1.18 bits per heavy atom. The second-order valence-corrected chi connectivity index (χ2v) is 10.9. The lowest BCUT2D eigenvalue weighted by molar-refractivity contribution is -0.137. The topological polar surface area (TPSA) is 133 Å². The Balaban J connectivity index is 1.65. The van der Waals surface area contributed by atoms with Crippen molar-refractivity contribution in [3.05, 3.63) is 63.5 Å². The fourth-order valence-electron chi connectivity index (χ4n) is 5.16. The van der Waals surface area contributed by atoms with Crippen molar-refractivity contribution in [3.63, 3.8) is 0 Å². The Morgan fingerprint density at radius 3 is 2.55 bits per heavy atom. The molecule has 0 saturated carbocycles. The maximum absolute atomic E-state index is 13.7. The van der Waals surface area contributed by atoms with Gasteiger partial charge in [-0.2, -0.15) is 18.4 Å². The standard InChI is InChI=1S/C29H27F3N8O3S/c1-6-8-21-35-15(3)23-25(41)36-24(37-40(21)23)18-12-22(34-14-20(18)43-7-2)39-27(44)38(26(42)28(39,4)5)17-10-9-16(13-33)19(11-17)29(30,31)32/h9-12,14H,6-8H2,1-5H3,(H,36,37,41). The summed E-state index contributed by atoms with van der Waals surface area (Å²) in [4.78, 5) is 41.0. The number of hydrogen-bond donors (Lipinski definition) is 1. The van der Waals surface area contributed by atoms with E-state index < -0.39 is 34.3 Å². The number of carbonyl (C=O) groups is 1. The van der Waals surface area contributed by atoms with Gasteiger partial charge in [-0.15, -0.1) is 5.10 Å². The first-order chi connectivity index (χ1) is 20.7. The molecule has 5 rings (SSSR count). The quantitative estimate of drug-likeness (QED) is 0.284. The van der Waals surface area contributed by atoms with Crippen molar-refractivity contribution in [2.75, 3.05) is 16.4 Å². The summed E-state index contributed by atoms with van der Waals surface area (Å²) in [6, 6.07) is 6.04. The largest absolute Gasteiger partial charge is 0.491 e. The predicted molar refractivity (Wildman–Crippen MR) is 160 cm³/mol. The molecule has 0 spiro atoms. The van der Waals surface area contributed by atoms with Crippen LogP contribution in [0.15, 0.2) is 35.3 Å². The third kappa shape index (κ3) is 4.94. The molecule has 1 amide bonds. The van der Waals surface area contributed by atoms with Gasteiger partial charge in [0.1, 0.15) is 22.9 Å². The fourth-order valence-corrected chi connectivity index (χ4v) is 5.67. The van der Waals surface area contributed by atoms with Crippen LogP contribution in [-0.4, -0.2) is 47.7 Å². The Morgan fingerprint density at radius 2 is 1.91 bits per heavy atom. The average molecular weight is 625 g/mol. The van der Waals surface area contributed by atoms with Gasteiger partial charge in [-0.25, -0.2) is 14.5 Å². The van der Waals surface area contributed by atoms with Crippen molar-refractivity contribution in [3.8, 4) is 23.2 Å². The minimum Gasteiger partial charge on any atom is -0.491 e. The Hall–Kier alpha value is -4.84. The van der Waals surface area contributed by atoms with Gasteiger partial charge in [-0.1, -0.05) is 6.92 Å². The number of anilines is 2. The lowest BCUT2D eigenvalue weighted by Gasteiger charge is -2.28. The van der Waals surface area contributed by atoms with Crippen LogP contribution in [-0.2, 0) is 17.4 Å². The molecule has 11 nitrogen and oxygen atoms in total. The highest BCUT2D eigenvalue weighted by Crippen LogP contribution is 2.40. The zero-order valence-electron chi connectivity index (χ0n) is 24.4. The van der Waals surface area contributed by atoms with Crippen molar-refractivity contribution in [1.82, 2.24) is 24.6 Å². The summed E-state index contributed by atoms with van der Waals surface area (Å²) < 4.78 is 48.5. The van der Waals surface area contributed by atoms with E-state index in [-0.39, 0.29) is 29.0 Å². The number of hydrogen-bond acceptors (Lipinski definition) is 8. The molecule has 4 heterocycles. The van der Waals surface area contributed by atoms with E-state index in [1.165, 1.54) is 27.7 Å². The number of imidazole rings is 1. The van der Waals surface area contributed by atoms with Crippen LogP contribution in [0.2, 0.25) is 0 Å². The molecule has 0 atom stereocenters. The van der Waals surface area contributed by atoms with E-state index in [4.69, 9.17) is 17.0 Å². The molecule has 0 unspecified atom stereocenters. The molecule has 1 aliphatic heterocycles. The van der Waals surface area contributed by atoms with Crippen LogP contribution in [0.25, 0.3) is 16.9 Å². The summed E-state index contributed by atoms with van der Waals surface area (Å²) in [5.74, 6) is 0.613. The van der Waals surface area contributed by atoms with Crippen LogP contribution in [0.3, 0.4) is 0 Å². The Labute approximate surface area is 254 Å². The zero-order valence-corrected chi connectivity index (χ0v) is 25.2. The van der Waals surface area contributed by atoms with Crippen LogP contribution in [0.5, 0.6) is 5.75 Å². The maximum Gasteiger partial charge on any atom is 0.417 e. The number of fused-ring (bicyclic) bond motifs is 1. The smallest absolute Gasteiger partial charge is 0.417 e. The molecule has 0 aliphatic carbocycles. The first kappa shape index (κ1) is 30.6. The molecule has 228 valence electrons. The van der Waals surface area contributed by atoms with E-state index in [0.29, 0.717) is 34.8 Å². The third-order valence-corrected chi connectivity index (χ3v) is 7.57. The van der Waals surface area contributed by atoms with Gasteiger partial charge in [0, 0.05) is 6.42 Å². The summed E-state index contributed by atoms with van der Waals surface area (Å²) in [7, 11) is 0. The van der Waals surface area contributed by atoms with Gasteiger partial charge in [0.2, 0.25) is 0 Å².